The summed E-state index contributed by atoms with van der Waals surface area (Å²) in [6.07, 6.45) is 3.77. The van der Waals surface area contributed by atoms with Crippen LogP contribution in [0.4, 0.5) is 5.69 Å². The molecule has 1 fully saturated rings. The highest BCUT2D eigenvalue weighted by atomic mass is 32.1. The minimum absolute atomic E-state index is 0.0732. The summed E-state index contributed by atoms with van der Waals surface area (Å²) in [5, 5.41) is 5.77. The van der Waals surface area contributed by atoms with Crippen molar-refractivity contribution in [1.82, 2.24) is 14.8 Å². The molecular formula is C29H32N4OS. The molecule has 5 nitrogen and oxygen atoms in total. The number of hydrogen-bond acceptors (Lipinski definition) is 5. The van der Waals surface area contributed by atoms with Gasteiger partial charge in [-0.3, -0.25) is 9.78 Å². The molecule has 2 aromatic heterocycles. The molecule has 1 aliphatic heterocycles. The van der Waals surface area contributed by atoms with Crippen LogP contribution in [0.15, 0.2) is 72.2 Å². The Bertz CT molecular complexity index is 1280. The van der Waals surface area contributed by atoms with Crippen LogP contribution in [0.25, 0.3) is 10.2 Å². The summed E-state index contributed by atoms with van der Waals surface area (Å²) in [5.74, 6) is 0.589. The summed E-state index contributed by atoms with van der Waals surface area (Å²) in [6, 6.07) is 21.0. The molecule has 6 heteroatoms. The molecule has 2 aromatic carbocycles. The number of nitrogens with one attached hydrogen (secondary N) is 1. The Hall–Kier alpha value is -3.22. The van der Waals surface area contributed by atoms with E-state index in [0.717, 1.165) is 48.4 Å². The molecule has 0 bridgehead atoms. The van der Waals surface area contributed by atoms with Crippen molar-refractivity contribution in [2.24, 2.45) is 0 Å². The maximum atomic E-state index is 13.7. The maximum Gasteiger partial charge on any atom is 0.257 e. The van der Waals surface area contributed by atoms with Gasteiger partial charge in [-0.1, -0.05) is 60.7 Å². The van der Waals surface area contributed by atoms with E-state index >= 15 is 0 Å². The Balaban J connectivity index is 1.41. The van der Waals surface area contributed by atoms with Crippen molar-refractivity contribution in [1.29, 1.82) is 0 Å². The topological polar surface area (TPSA) is 48.5 Å². The zero-order valence-electron chi connectivity index (χ0n) is 20.4. The van der Waals surface area contributed by atoms with Crippen molar-refractivity contribution in [2.45, 2.75) is 31.8 Å². The van der Waals surface area contributed by atoms with Crippen LogP contribution >= 0.6 is 11.3 Å². The molecule has 5 rings (SSSR count). The lowest BCUT2D eigenvalue weighted by molar-refractivity contribution is 0.0713. The number of likely N-dealkylation sites (tertiary alicyclic amines) is 1. The average molecular weight is 485 g/mol. The van der Waals surface area contributed by atoms with Gasteiger partial charge in [-0.25, -0.2) is 0 Å². The van der Waals surface area contributed by atoms with Crippen LogP contribution in [-0.4, -0.2) is 47.9 Å². The Kier molecular flexibility index (Phi) is 7.11. The second kappa shape index (κ2) is 10.6. The third kappa shape index (κ3) is 5.24. The minimum Gasteiger partial charge on any atom is -0.379 e. The van der Waals surface area contributed by atoms with Crippen molar-refractivity contribution in [3.8, 4) is 0 Å². The number of thiophene rings is 1. The van der Waals surface area contributed by atoms with E-state index in [4.69, 9.17) is 4.98 Å². The highest BCUT2D eigenvalue weighted by Crippen LogP contribution is 2.36. The number of rotatable bonds is 7. The van der Waals surface area contributed by atoms with E-state index in [9.17, 15) is 4.79 Å². The van der Waals surface area contributed by atoms with Crippen molar-refractivity contribution in [3.63, 3.8) is 0 Å². The van der Waals surface area contributed by atoms with E-state index in [0.29, 0.717) is 18.0 Å². The fourth-order valence-electron chi connectivity index (χ4n) is 4.91. The maximum absolute atomic E-state index is 13.7. The SMILES string of the molecule is CN(C)Cc1csc2c(NCc3ccccc3)c(C(=O)N3CCC(c4ccccc4)CC3)cnc12. The van der Waals surface area contributed by atoms with Crippen LogP contribution in [0.5, 0.6) is 0 Å². The van der Waals surface area contributed by atoms with E-state index < -0.39 is 0 Å². The first-order valence-electron chi connectivity index (χ1n) is 12.3. The summed E-state index contributed by atoms with van der Waals surface area (Å²) < 4.78 is 1.06. The predicted octanol–water partition coefficient (Wildman–Crippen LogP) is 5.99. The van der Waals surface area contributed by atoms with Gasteiger partial charge in [-0.15, -0.1) is 11.3 Å². The number of nitrogens with zero attached hydrogens (tertiary/aromatic N) is 3. The van der Waals surface area contributed by atoms with Crippen LogP contribution in [-0.2, 0) is 13.1 Å². The fourth-order valence-corrected chi connectivity index (χ4v) is 5.95. The van der Waals surface area contributed by atoms with Crippen molar-refractivity contribution in [2.75, 3.05) is 32.5 Å². The Morgan fingerprint density at radius 2 is 1.74 bits per heavy atom. The molecule has 180 valence electrons. The molecule has 0 spiro atoms. The van der Waals surface area contributed by atoms with Crippen molar-refractivity contribution in [3.05, 3.63) is 94.5 Å². The third-order valence-corrected chi connectivity index (χ3v) is 7.78. The van der Waals surface area contributed by atoms with Crippen molar-refractivity contribution >= 4 is 33.1 Å². The quantitative estimate of drug-likeness (QED) is 0.350. The minimum atomic E-state index is 0.0732. The zero-order valence-corrected chi connectivity index (χ0v) is 21.2. The van der Waals surface area contributed by atoms with Crippen LogP contribution in [0.1, 0.15) is 45.8 Å². The van der Waals surface area contributed by atoms with Gasteiger partial charge in [0.05, 0.1) is 21.5 Å². The predicted molar refractivity (Wildman–Crippen MR) is 145 cm³/mol. The van der Waals surface area contributed by atoms with E-state index in [1.165, 1.54) is 16.7 Å². The fraction of sp³-hybridized carbons (Fsp3) is 0.310. The summed E-state index contributed by atoms with van der Waals surface area (Å²) in [5.41, 5.74) is 6.32. The number of fused-ring (bicyclic) bond motifs is 1. The molecule has 0 atom stereocenters. The molecule has 0 aliphatic carbocycles. The van der Waals surface area contributed by atoms with Gasteiger partial charge in [0.15, 0.2) is 0 Å². The number of carbonyl (C=O) groups excluding carboxylic acids is 1. The average Bonchev–Trinajstić information content (AvgIpc) is 3.30. The number of amides is 1. The largest absolute Gasteiger partial charge is 0.379 e. The van der Waals surface area contributed by atoms with E-state index in [1.807, 2.05) is 23.1 Å². The van der Waals surface area contributed by atoms with Gasteiger partial charge < -0.3 is 15.1 Å². The highest BCUT2D eigenvalue weighted by Gasteiger charge is 2.27. The molecular weight excluding hydrogens is 452 g/mol. The summed E-state index contributed by atoms with van der Waals surface area (Å²) >= 11 is 1.67. The Morgan fingerprint density at radius 3 is 2.43 bits per heavy atom. The molecule has 35 heavy (non-hydrogen) atoms. The number of carbonyl (C=O) groups is 1. The smallest absolute Gasteiger partial charge is 0.257 e. The number of benzene rings is 2. The summed E-state index contributed by atoms with van der Waals surface area (Å²) in [4.78, 5) is 22.7. The Labute approximate surface area is 211 Å². The highest BCUT2D eigenvalue weighted by molar-refractivity contribution is 7.18. The number of hydrogen-bond donors (Lipinski definition) is 1. The second-order valence-corrected chi connectivity index (χ2v) is 10.4. The number of aromatic nitrogens is 1. The van der Waals surface area contributed by atoms with Gasteiger partial charge in [0.2, 0.25) is 0 Å². The number of piperidine rings is 1. The van der Waals surface area contributed by atoms with E-state index in [1.54, 1.807) is 17.5 Å². The standard InChI is InChI=1S/C29H32N4OS/c1-32(2)19-24-20-35-28-26(24)31-18-25(27(28)30-17-21-9-5-3-6-10-21)29(34)33-15-13-23(14-16-33)22-11-7-4-8-12-22/h3-12,18,20,23H,13-17,19H2,1-2H3,(H,30,31). The van der Waals surface area contributed by atoms with Crippen LogP contribution in [0.3, 0.4) is 0 Å². The van der Waals surface area contributed by atoms with Gasteiger partial charge >= 0.3 is 0 Å². The molecule has 0 radical (unpaired) electrons. The normalized spacial score (nSPS) is 14.5. The van der Waals surface area contributed by atoms with Gasteiger partial charge in [-0.05, 0) is 49.4 Å². The number of pyridine rings is 1. The van der Waals surface area contributed by atoms with Gasteiger partial charge in [-0.2, -0.15) is 0 Å². The lowest BCUT2D eigenvalue weighted by atomic mass is 9.89. The van der Waals surface area contributed by atoms with Gasteiger partial charge in [0.1, 0.15) is 0 Å². The summed E-state index contributed by atoms with van der Waals surface area (Å²) in [6.45, 7) is 3.03. The number of anilines is 1. The van der Waals surface area contributed by atoms with Crippen LogP contribution < -0.4 is 5.32 Å². The first-order valence-corrected chi connectivity index (χ1v) is 13.1. The Morgan fingerprint density at radius 1 is 1.06 bits per heavy atom. The molecule has 3 heterocycles. The van der Waals surface area contributed by atoms with E-state index in [2.05, 4.69) is 72.2 Å². The summed E-state index contributed by atoms with van der Waals surface area (Å²) in [7, 11) is 4.13. The van der Waals surface area contributed by atoms with Gasteiger partial charge in [0.25, 0.3) is 5.91 Å². The third-order valence-electron chi connectivity index (χ3n) is 6.74. The molecule has 1 aliphatic rings. The second-order valence-electron chi connectivity index (χ2n) is 9.54. The van der Waals surface area contributed by atoms with Crippen LogP contribution in [0, 0.1) is 0 Å². The first-order chi connectivity index (χ1) is 17.1. The lowest BCUT2D eigenvalue weighted by Crippen LogP contribution is -2.38. The molecule has 0 saturated carbocycles. The molecule has 1 N–H and O–H groups in total. The molecule has 0 unspecified atom stereocenters. The zero-order chi connectivity index (χ0) is 24.2. The molecule has 4 aromatic rings. The first kappa shape index (κ1) is 23.5. The van der Waals surface area contributed by atoms with Crippen molar-refractivity contribution < 1.29 is 4.79 Å². The molecule has 1 saturated heterocycles. The van der Waals surface area contributed by atoms with Crippen LogP contribution in [0.2, 0.25) is 0 Å². The monoisotopic (exact) mass is 484 g/mol. The molecule has 1 amide bonds. The lowest BCUT2D eigenvalue weighted by Gasteiger charge is -2.32. The van der Waals surface area contributed by atoms with E-state index in [-0.39, 0.29) is 5.91 Å². The van der Waals surface area contributed by atoms with Gasteiger partial charge in [0, 0.05) is 37.9 Å².